The lowest BCUT2D eigenvalue weighted by Crippen LogP contribution is -2.36. The molecule has 25 heavy (non-hydrogen) atoms. The van der Waals surface area contributed by atoms with Gasteiger partial charge in [-0.3, -0.25) is 4.79 Å². The molecule has 0 amide bonds. The van der Waals surface area contributed by atoms with E-state index in [1.807, 2.05) is 36.4 Å². The van der Waals surface area contributed by atoms with Gasteiger partial charge in [-0.2, -0.15) is 0 Å². The molecular formula is C23H21NO. The second-order valence-electron chi connectivity index (χ2n) is 6.49. The van der Waals surface area contributed by atoms with Gasteiger partial charge in [-0.05, 0) is 29.7 Å². The van der Waals surface area contributed by atoms with Crippen LogP contribution in [0.4, 0.5) is 5.69 Å². The molecule has 1 aliphatic heterocycles. The molecule has 0 bridgehead atoms. The van der Waals surface area contributed by atoms with Crippen LogP contribution in [0.25, 0.3) is 0 Å². The van der Waals surface area contributed by atoms with Gasteiger partial charge in [0.05, 0.1) is 6.04 Å². The molecular weight excluding hydrogens is 306 g/mol. The number of ketones is 1. The van der Waals surface area contributed by atoms with Gasteiger partial charge in [0.25, 0.3) is 0 Å². The lowest BCUT2D eigenvalue weighted by molar-refractivity contribution is 0.0972. The third-order valence-corrected chi connectivity index (χ3v) is 4.97. The summed E-state index contributed by atoms with van der Waals surface area (Å²) in [5.41, 5.74) is 4.61. The maximum absolute atomic E-state index is 12.9. The predicted octanol–water partition coefficient (Wildman–Crippen LogP) is 5.06. The molecule has 0 N–H and O–H groups in total. The number of nitrogens with zero attached hydrogens (tertiary/aromatic N) is 1. The van der Waals surface area contributed by atoms with Crippen molar-refractivity contribution < 1.29 is 4.79 Å². The van der Waals surface area contributed by atoms with E-state index >= 15 is 0 Å². The maximum atomic E-state index is 12.9. The SMILES string of the molecule is O=C(C[C@H]1c2ccccc2CCN1c1ccccc1)c1ccccc1. The number of rotatable bonds is 4. The van der Waals surface area contributed by atoms with Crippen molar-refractivity contribution in [3.05, 3.63) is 102 Å². The van der Waals surface area contributed by atoms with Crippen molar-refractivity contribution in [2.24, 2.45) is 0 Å². The topological polar surface area (TPSA) is 20.3 Å². The summed E-state index contributed by atoms with van der Waals surface area (Å²) in [5, 5.41) is 0. The second kappa shape index (κ2) is 6.94. The average Bonchev–Trinajstić information content (AvgIpc) is 2.69. The Labute approximate surface area is 148 Å². The third kappa shape index (κ3) is 3.20. The number of carbonyl (C=O) groups excluding carboxylic acids is 1. The molecule has 0 unspecified atom stereocenters. The molecule has 1 atom stereocenters. The molecule has 0 saturated heterocycles. The van der Waals surface area contributed by atoms with Gasteiger partial charge in [0.2, 0.25) is 0 Å². The van der Waals surface area contributed by atoms with E-state index < -0.39 is 0 Å². The molecule has 3 aromatic rings. The molecule has 2 heteroatoms. The van der Waals surface area contributed by atoms with Gasteiger partial charge in [-0.1, -0.05) is 72.8 Å². The summed E-state index contributed by atoms with van der Waals surface area (Å²) in [6.45, 7) is 0.938. The molecule has 0 spiro atoms. The van der Waals surface area contributed by atoms with Crippen LogP contribution in [0, 0.1) is 0 Å². The Morgan fingerprint density at radius 3 is 2.24 bits per heavy atom. The van der Waals surface area contributed by atoms with Crippen molar-refractivity contribution >= 4 is 11.5 Å². The van der Waals surface area contributed by atoms with Gasteiger partial charge in [-0.15, -0.1) is 0 Å². The second-order valence-corrected chi connectivity index (χ2v) is 6.49. The van der Waals surface area contributed by atoms with Crippen LogP contribution >= 0.6 is 0 Å². The molecule has 124 valence electrons. The molecule has 0 fully saturated rings. The number of hydrogen-bond donors (Lipinski definition) is 0. The van der Waals surface area contributed by atoms with E-state index in [9.17, 15) is 4.79 Å². The van der Waals surface area contributed by atoms with Crippen LogP contribution in [0.5, 0.6) is 0 Å². The number of hydrogen-bond acceptors (Lipinski definition) is 2. The van der Waals surface area contributed by atoms with Gasteiger partial charge in [0.1, 0.15) is 0 Å². The first-order valence-corrected chi connectivity index (χ1v) is 8.80. The average molecular weight is 327 g/mol. The molecule has 1 heterocycles. The molecule has 0 saturated carbocycles. The first-order valence-electron chi connectivity index (χ1n) is 8.80. The highest BCUT2D eigenvalue weighted by Crippen LogP contribution is 2.36. The van der Waals surface area contributed by atoms with Crippen LogP contribution in [0.2, 0.25) is 0 Å². The molecule has 1 aliphatic rings. The molecule has 4 rings (SSSR count). The number of Topliss-reactive ketones (excluding diaryl/α,β-unsaturated/α-hetero) is 1. The fourth-order valence-electron chi connectivity index (χ4n) is 3.72. The van der Waals surface area contributed by atoms with Gasteiger partial charge in [-0.25, -0.2) is 0 Å². The van der Waals surface area contributed by atoms with Crippen LogP contribution < -0.4 is 4.90 Å². The number of benzene rings is 3. The molecule has 0 aromatic heterocycles. The zero-order chi connectivity index (χ0) is 17.1. The minimum Gasteiger partial charge on any atom is -0.364 e. The summed E-state index contributed by atoms with van der Waals surface area (Å²) in [6.07, 6.45) is 1.51. The lowest BCUT2D eigenvalue weighted by Gasteiger charge is -2.39. The van der Waals surface area contributed by atoms with Crippen LogP contribution in [-0.4, -0.2) is 12.3 Å². The third-order valence-electron chi connectivity index (χ3n) is 4.97. The predicted molar refractivity (Wildman–Crippen MR) is 102 cm³/mol. The minimum atomic E-state index is 0.0834. The lowest BCUT2D eigenvalue weighted by atomic mass is 9.88. The van der Waals surface area contributed by atoms with Crippen molar-refractivity contribution in [1.29, 1.82) is 0 Å². The standard InChI is InChI=1S/C23H21NO/c25-23(19-10-3-1-4-11-19)17-22-21-14-8-7-9-18(21)15-16-24(22)20-12-5-2-6-13-20/h1-14,22H,15-17H2/t22-/m0/s1. The van der Waals surface area contributed by atoms with Gasteiger partial charge >= 0.3 is 0 Å². The smallest absolute Gasteiger partial charge is 0.165 e. The Kier molecular flexibility index (Phi) is 4.34. The highest BCUT2D eigenvalue weighted by Gasteiger charge is 2.29. The number of fused-ring (bicyclic) bond motifs is 1. The quantitative estimate of drug-likeness (QED) is 0.624. The summed E-state index contributed by atoms with van der Waals surface area (Å²) in [4.78, 5) is 15.3. The highest BCUT2D eigenvalue weighted by atomic mass is 16.1. The van der Waals surface area contributed by atoms with E-state index in [1.165, 1.54) is 16.8 Å². The van der Waals surface area contributed by atoms with Crippen LogP contribution in [-0.2, 0) is 6.42 Å². The van der Waals surface area contributed by atoms with Crippen LogP contribution in [0.1, 0.15) is 33.9 Å². The zero-order valence-electron chi connectivity index (χ0n) is 14.1. The van der Waals surface area contributed by atoms with Gasteiger partial charge < -0.3 is 4.90 Å². The minimum absolute atomic E-state index is 0.0834. The number of carbonyl (C=O) groups is 1. The molecule has 0 radical (unpaired) electrons. The highest BCUT2D eigenvalue weighted by molar-refractivity contribution is 5.96. The van der Waals surface area contributed by atoms with Crippen LogP contribution in [0.15, 0.2) is 84.9 Å². The Morgan fingerprint density at radius 2 is 1.48 bits per heavy atom. The van der Waals surface area contributed by atoms with E-state index in [2.05, 4.69) is 53.4 Å². The van der Waals surface area contributed by atoms with E-state index in [4.69, 9.17) is 0 Å². The zero-order valence-corrected chi connectivity index (χ0v) is 14.1. The van der Waals surface area contributed by atoms with Crippen molar-refractivity contribution in [2.45, 2.75) is 18.9 Å². The summed E-state index contributed by atoms with van der Waals surface area (Å²) >= 11 is 0. The largest absolute Gasteiger partial charge is 0.364 e. The number of para-hydroxylation sites is 1. The fourth-order valence-corrected chi connectivity index (χ4v) is 3.72. The van der Waals surface area contributed by atoms with Gasteiger partial charge in [0, 0.05) is 24.2 Å². The Hall–Kier alpha value is -2.87. The van der Waals surface area contributed by atoms with Crippen molar-refractivity contribution in [3.63, 3.8) is 0 Å². The molecule has 2 nitrogen and oxygen atoms in total. The molecule has 0 aliphatic carbocycles. The van der Waals surface area contributed by atoms with Crippen molar-refractivity contribution in [2.75, 3.05) is 11.4 Å². The Bertz CT molecular complexity index is 858. The van der Waals surface area contributed by atoms with Crippen molar-refractivity contribution in [1.82, 2.24) is 0 Å². The van der Waals surface area contributed by atoms with E-state index in [1.54, 1.807) is 0 Å². The summed E-state index contributed by atoms with van der Waals surface area (Å²) in [5.74, 6) is 0.197. The Balaban J connectivity index is 1.70. The number of anilines is 1. The van der Waals surface area contributed by atoms with E-state index in [-0.39, 0.29) is 11.8 Å². The van der Waals surface area contributed by atoms with E-state index in [0.29, 0.717) is 6.42 Å². The monoisotopic (exact) mass is 327 g/mol. The maximum Gasteiger partial charge on any atom is 0.165 e. The molecule has 3 aromatic carbocycles. The summed E-state index contributed by atoms with van der Waals surface area (Å²) < 4.78 is 0. The Morgan fingerprint density at radius 1 is 0.840 bits per heavy atom. The summed E-state index contributed by atoms with van der Waals surface area (Å²) in [6, 6.07) is 28.7. The fraction of sp³-hybridized carbons (Fsp3) is 0.174. The summed E-state index contributed by atoms with van der Waals surface area (Å²) in [7, 11) is 0. The van der Waals surface area contributed by atoms with Crippen molar-refractivity contribution in [3.8, 4) is 0 Å². The van der Waals surface area contributed by atoms with Gasteiger partial charge in [0.15, 0.2) is 5.78 Å². The first-order chi connectivity index (χ1) is 12.3. The normalized spacial score (nSPS) is 16.3. The first kappa shape index (κ1) is 15.6. The van der Waals surface area contributed by atoms with Crippen LogP contribution in [0.3, 0.4) is 0 Å². The van der Waals surface area contributed by atoms with E-state index in [0.717, 1.165) is 18.5 Å².